The smallest absolute Gasteiger partial charge is 0.129 e. The number of halogens is 2. The van der Waals surface area contributed by atoms with Crippen molar-refractivity contribution >= 4 is 0 Å². The van der Waals surface area contributed by atoms with E-state index in [1.165, 1.54) is 6.07 Å². The van der Waals surface area contributed by atoms with Gasteiger partial charge in [-0.3, -0.25) is 0 Å². The highest BCUT2D eigenvalue weighted by Gasteiger charge is 2.13. The number of rotatable bonds is 3. The fraction of sp³-hybridized carbons (Fsp3) is 0.455. The first-order valence-corrected chi connectivity index (χ1v) is 4.83. The van der Waals surface area contributed by atoms with Crippen molar-refractivity contribution in [2.24, 2.45) is 5.73 Å². The van der Waals surface area contributed by atoms with Gasteiger partial charge >= 0.3 is 0 Å². The summed E-state index contributed by atoms with van der Waals surface area (Å²) in [6.45, 7) is 3.73. The van der Waals surface area contributed by atoms with E-state index in [1.54, 1.807) is 0 Å². The molecule has 0 amide bonds. The van der Waals surface area contributed by atoms with Crippen molar-refractivity contribution in [3.8, 4) is 0 Å². The normalized spacial score (nSPS) is 12.9. The molecule has 1 atom stereocenters. The largest absolute Gasteiger partial charge is 0.324 e. The van der Waals surface area contributed by atoms with Crippen LogP contribution in [-0.4, -0.2) is 0 Å². The van der Waals surface area contributed by atoms with Gasteiger partial charge in [0.2, 0.25) is 0 Å². The first-order chi connectivity index (χ1) is 6.60. The van der Waals surface area contributed by atoms with Crippen LogP contribution < -0.4 is 5.73 Å². The second-order valence-electron chi connectivity index (χ2n) is 3.32. The second-order valence-corrected chi connectivity index (χ2v) is 3.32. The van der Waals surface area contributed by atoms with Crippen LogP contribution in [-0.2, 0) is 6.42 Å². The van der Waals surface area contributed by atoms with Gasteiger partial charge in [-0.2, -0.15) is 0 Å². The maximum atomic E-state index is 13.3. The molecule has 0 fully saturated rings. The van der Waals surface area contributed by atoms with Crippen molar-refractivity contribution in [1.82, 2.24) is 0 Å². The molecule has 3 heteroatoms. The molecule has 1 rings (SSSR count). The van der Waals surface area contributed by atoms with E-state index in [4.69, 9.17) is 5.73 Å². The van der Waals surface area contributed by atoms with Crippen LogP contribution in [0.3, 0.4) is 0 Å². The Labute approximate surface area is 82.9 Å². The molecule has 1 nitrogen and oxygen atoms in total. The summed E-state index contributed by atoms with van der Waals surface area (Å²) in [7, 11) is 0. The SMILES string of the molecule is CCc1c(F)cc(F)cc1[C@H](N)CC. The standard InChI is InChI=1S/C11H15F2N/c1-3-8-9(11(14)4-2)5-7(12)6-10(8)13/h5-6,11H,3-4,14H2,1-2H3/t11-/m1/s1. The number of benzene rings is 1. The van der Waals surface area contributed by atoms with Gasteiger partial charge in [0.05, 0.1) is 0 Å². The van der Waals surface area contributed by atoms with E-state index in [1.807, 2.05) is 13.8 Å². The summed E-state index contributed by atoms with van der Waals surface area (Å²) in [5.74, 6) is -1.05. The molecule has 78 valence electrons. The molecule has 0 unspecified atom stereocenters. The summed E-state index contributed by atoms with van der Waals surface area (Å²) in [6, 6.07) is 1.95. The Hall–Kier alpha value is -0.960. The Morgan fingerprint density at radius 2 is 1.93 bits per heavy atom. The van der Waals surface area contributed by atoms with Crippen LogP contribution in [0.5, 0.6) is 0 Å². The Morgan fingerprint density at radius 1 is 1.29 bits per heavy atom. The molecule has 0 spiro atoms. The minimum atomic E-state index is -0.557. The molecule has 0 saturated heterocycles. The van der Waals surface area contributed by atoms with E-state index in [0.29, 0.717) is 24.0 Å². The summed E-state index contributed by atoms with van der Waals surface area (Å²) in [4.78, 5) is 0. The lowest BCUT2D eigenvalue weighted by atomic mass is 9.97. The number of hydrogen-bond acceptors (Lipinski definition) is 1. The van der Waals surface area contributed by atoms with Crippen molar-refractivity contribution in [1.29, 1.82) is 0 Å². The predicted molar refractivity (Wildman–Crippen MR) is 53.0 cm³/mol. The Kier molecular flexibility index (Phi) is 3.58. The van der Waals surface area contributed by atoms with E-state index in [-0.39, 0.29) is 6.04 Å². The van der Waals surface area contributed by atoms with Gasteiger partial charge in [0.15, 0.2) is 0 Å². The molecule has 0 aromatic heterocycles. The molecule has 0 aliphatic heterocycles. The lowest BCUT2D eigenvalue weighted by molar-refractivity contribution is 0.558. The highest BCUT2D eigenvalue weighted by molar-refractivity contribution is 5.32. The lowest BCUT2D eigenvalue weighted by Gasteiger charge is -2.14. The Bertz CT molecular complexity index is 323. The zero-order valence-electron chi connectivity index (χ0n) is 8.48. The number of hydrogen-bond donors (Lipinski definition) is 1. The Balaban J connectivity index is 3.24. The summed E-state index contributed by atoms with van der Waals surface area (Å²) in [5.41, 5.74) is 6.89. The van der Waals surface area contributed by atoms with E-state index in [9.17, 15) is 8.78 Å². The molecule has 0 radical (unpaired) electrons. The molecule has 1 aromatic carbocycles. The quantitative estimate of drug-likeness (QED) is 0.795. The summed E-state index contributed by atoms with van der Waals surface area (Å²) in [6.07, 6.45) is 1.21. The average Bonchev–Trinajstić information content (AvgIpc) is 2.15. The van der Waals surface area contributed by atoms with E-state index in [0.717, 1.165) is 6.07 Å². The van der Waals surface area contributed by atoms with Crippen LogP contribution in [0.15, 0.2) is 12.1 Å². The third-order valence-electron chi connectivity index (χ3n) is 2.39. The van der Waals surface area contributed by atoms with Crippen molar-refractivity contribution in [3.63, 3.8) is 0 Å². The second kappa shape index (κ2) is 4.51. The Morgan fingerprint density at radius 3 is 2.43 bits per heavy atom. The van der Waals surface area contributed by atoms with Gasteiger partial charge in [0.25, 0.3) is 0 Å². The third kappa shape index (κ3) is 2.10. The maximum absolute atomic E-state index is 13.3. The molecule has 1 aromatic rings. The molecule has 0 heterocycles. The highest BCUT2D eigenvalue weighted by atomic mass is 19.1. The molecular formula is C11H15F2N. The fourth-order valence-electron chi connectivity index (χ4n) is 1.55. The van der Waals surface area contributed by atoms with Crippen LogP contribution in [0.1, 0.15) is 37.4 Å². The molecule has 0 bridgehead atoms. The van der Waals surface area contributed by atoms with E-state index < -0.39 is 11.6 Å². The molecule has 14 heavy (non-hydrogen) atoms. The van der Waals surface area contributed by atoms with Crippen LogP contribution in [0.4, 0.5) is 8.78 Å². The van der Waals surface area contributed by atoms with Crippen LogP contribution in [0, 0.1) is 11.6 Å². The number of nitrogens with two attached hydrogens (primary N) is 1. The summed E-state index contributed by atoms with van der Waals surface area (Å²) >= 11 is 0. The topological polar surface area (TPSA) is 26.0 Å². The highest BCUT2D eigenvalue weighted by Crippen LogP contribution is 2.23. The van der Waals surface area contributed by atoms with Gasteiger partial charge in [0.1, 0.15) is 11.6 Å². The van der Waals surface area contributed by atoms with Gasteiger partial charge in [0, 0.05) is 12.1 Å². The third-order valence-corrected chi connectivity index (χ3v) is 2.39. The zero-order chi connectivity index (χ0) is 10.7. The zero-order valence-corrected chi connectivity index (χ0v) is 8.48. The van der Waals surface area contributed by atoms with Crippen molar-refractivity contribution < 1.29 is 8.78 Å². The van der Waals surface area contributed by atoms with Gasteiger partial charge in [-0.1, -0.05) is 13.8 Å². The van der Waals surface area contributed by atoms with Crippen LogP contribution in [0.2, 0.25) is 0 Å². The van der Waals surface area contributed by atoms with E-state index >= 15 is 0 Å². The van der Waals surface area contributed by atoms with Crippen molar-refractivity contribution in [3.05, 3.63) is 34.9 Å². The van der Waals surface area contributed by atoms with Gasteiger partial charge in [-0.25, -0.2) is 8.78 Å². The molecule has 0 aliphatic carbocycles. The van der Waals surface area contributed by atoms with E-state index in [2.05, 4.69) is 0 Å². The van der Waals surface area contributed by atoms with Crippen molar-refractivity contribution in [2.75, 3.05) is 0 Å². The predicted octanol–water partition coefficient (Wildman–Crippen LogP) is 2.94. The minimum absolute atomic E-state index is 0.282. The minimum Gasteiger partial charge on any atom is -0.324 e. The first kappa shape index (κ1) is 11.1. The van der Waals surface area contributed by atoms with Gasteiger partial charge in [-0.15, -0.1) is 0 Å². The van der Waals surface area contributed by atoms with Crippen molar-refractivity contribution in [2.45, 2.75) is 32.7 Å². The average molecular weight is 199 g/mol. The van der Waals surface area contributed by atoms with Crippen LogP contribution >= 0.6 is 0 Å². The maximum Gasteiger partial charge on any atom is 0.129 e. The lowest BCUT2D eigenvalue weighted by Crippen LogP contribution is -2.13. The summed E-state index contributed by atoms with van der Waals surface area (Å²) < 4.78 is 26.3. The monoisotopic (exact) mass is 199 g/mol. The molecule has 0 aliphatic rings. The fourth-order valence-corrected chi connectivity index (χ4v) is 1.55. The molecule has 0 saturated carbocycles. The summed E-state index contributed by atoms with van der Waals surface area (Å²) in [5, 5.41) is 0. The van der Waals surface area contributed by atoms with Gasteiger partial charge < -0.3 is 5.73 Å². The molecule has 2 N–H and O–H groups in total. The first-order valence-electron chi connectivity index (χ1n) is 4.83. The molecular weight excluding hydrogens is 184 g/mol. The van der Waals surface area contributed by atoms with Gasteiger partial charge in [-0.05, 0) is 30.0 Å². The van der Waals surface area contributed by atoms with Crippen LogP contribution in [0.25, 0.3) is 0 Å².